The van der Waals surface area contributed by atoms with E-state index in [9.17, 15) is 24.8 Å². The third-order valence-corrected chi connectivity index (χ3v) is 7.35. The van der Waals surface area contributed by atoms with Gasteiger partial charge < -0.3 is 19.6 Å². The molecule has 3 aliphatic rings. The lowest BCUT2D eigenvalue weighted by molar-refractivity contribution is -0.992. The maximum Gasteiger partial charge on any atom is 0.315 e. The number of hydrogen-bond donors (Lipinski definition) is 2. The number of likely N-dealkylation sites (tertiary alicyclic amines) is 1. The van der Waals surface area contributed by atoms with Crippen molar-refractivity contribution in [3.8, 4) is 0 Å². The number of nitrogens with one attached hydrogen (secondary N) is 1. The van der Waals surface area contributed by atoms with Gasteiger partial charge in [0.15, 0.2) is 0 Å². The average Bonchev–Trinajstić information content (AvgIpc) is 3.13. The van der Waals surface area contributed by atoms with Crippen LogP contribution >= 0.6 is 0 Å². The zero-order chi connectivity index (χ0) is 24.1. The van der Waals surface area contributed by atoms with Crippen molar-refractivity contribution in [2.24, 2.45) is 11.8 Å². The number of quaternary nitrogens is 1. The van der Waals surface area contributed by atoms with Gasteiger partial charge in [0.1, 0.15) is 6.04 Å². The molecule has 0 aliphatic carbocycles. The molecule has 0 spiro atoms. The molecule has 9 nitrogen and oxygen atoms in total. The summed E-state index contributed by atoms with van der Waals surface area (Å²) >= 11 is 0. The van der Waals surface area contributed by atoms with Crippen molar-refractivity contribution in [1.29, 1.82) is 0 Å². The van der Waals surface area contributed by atoms with Crippen LogP contribution in [0.3, 0.4) is 0 Å². The number of piperidine rings is 1. The minimum Gasteiger partial charge on any atom is -0.595 e. The lowest BCUT2D eigenvalue weighted by atomic mass is 9.82. The molecule has 1 fully saturated rings. The van der Waals surface area contributed by atoms with Gasteiger partial charge in [0.05, 0.1) is 0 Å². The minimum absolute atomic E-state index is 0.0295. The number of aromatic nitrogens is 1. The Balaban J connectivity index is 1.41. The lowest BCUT2D eigenvalue weighted by Crippen LogP contribution is -3.00. The molecule has 9 heteroatoms. The maximum absolute atomic E-state index is 13.9. The Morgan fingerprint density at radius 3 is 2.62 bits per heavy atom. The molecular formula is C25H30N4O5. The second-order valence-electron chi connectivity index (χ2n) is 10.2. The molecule has 2 unspecified atom stereocenters. The van der Waals surface area contributed by atoms with Gasteiger partial charge in [0, 0.05) is 49.4 Å². The largest absolute Gasteiger partial charge is 0.595 e. The van der Waals surface area contributed by atoms with Crippen LogP contribution in [0.25, 0.3) is 0 Å². The van der Waals surface area contributed by atoms with Crippen molar-refractivity contribution in [3.05, 3.63) is 68.8 Å². The first-order valence-corrected chi connectivity index (χ1v) is 11.9. The van der Waals surface area contributed by atoms with E-state index in [2.05, 4.69) is 13.8 Å². The normalized spacial score (nSPS) is 23.0. The van der Waals surface area contributed by atoms with Crippen molar-refractivity contribution in [3.63, 3.8) is 0 Å². The number of nitrogens with zero attached hydrogens (tertiary/aromatic N) is 3. The van der Waals surface area contributed by atoms with Gasteiger partial charge >= 0.3 is 5.56 Å². The first kappa shape index (κ1) is 22.8. The fraction of sp³-hybridized carbons (Fsp3) is 0.480. The van der Waals surface area contributed by atoms with Crippen LogP contribution in [0, 0.1) is 17.0 Å². The topological polar surface area (TPSA) is 110 Å². The molecule has 1 aromatic carbocycles. The number of benzene rings is 1. The smallest absolute Gasteiger partial charge is 0.315 e. The molecule has 0 saturated carbocycles. The van der Waals surface area contributed by atoms with Gasteiger partial charge in [0.2, 0.25) is 11.6 Å². The summed E-state index contributed by atoms with van der Waals surface area (Å²) in [5.41, 5.74) is 1.71. The number of carbonyl (C=O) groups excluding carboxylic acids is 2. The molecule has 4 atom stereocenters. The summed E-state index contributed by atoms with van der Waals surface area (Å²) < 4.78 is 1.58. The van der Waals surface area contributed by atoms with E-state index in [0.29, 0.717) is 38.2 Å². The van der Waals surface area contributed by atoms with Crippen LogP contribution in [0.5, 0.6) is 0 Å². The van der Waals surface area contributed by atoms with E-state index in [1.54, 1.807) is 15.5 Å². The second kappa shape index (κ2) is 8.65. The highest BCUT2D eigenvalue weighted by Gasteiger charge is 2.42. The monoisotopic (exact) mass is 466 g/mol. The molecule has 4 heterocycles. The summed E-state index contributed by atoms with van der Waals surface area (Å²) in [5, 5.41) is 19.5. The van der Waals surface area contributed by atoms with Gasteiger partial charge in [-0.1, -0.05) is 32.0 Å². The van der Waals surface area contributed by atoms with E-state index >= 15 is 0 Å². The highest BCUT2D eigenvalue weighted by molar-refractivity contribution is 6.01. The Bertz CT molecular complexity index is 1190. The number of carbonyl (C=O) groups is 2. The van der Waals surface area contributed by atoms with Gasteiger partial charge in [-0.3, -0.25) is 14.4 Å². The van der Waals surface area contributed by atoms with E-state index in [4.69, 9.17) is 0 Å². The van der Waals surface area contributed by atoms with Gasteiger partial charge in [-0.05, 0) is 42.4 Å². The van der Waals surface area contributed by atoms with Crippen LogP contribution in [0.4, 0.5) is 5.69 Å². The highest BCUT2D eigenvalue weighted by atomic mass is 16.8. The molecule has 2 bridgehead atoms. The molecule has 180 valence electrons. The summed E-state index contributed by atoms with van der Waals surface area (Å²) in [7, 11) is 0. The Kier molecular flexibility index (Phi) is 5.79. The molecule has 2 N–H and O–H groups in total. The van der Waals surface area contributed by atoms with E-state index in [0.717, 1.165) is 17.7 Å². The van der Waals surface area contributed by atoms with E-state index in [1.165, 1.54) is 6.07 Å². The SMILES string of the molecule is CC(C)C[C@@H](C(=O)N1CC2C[C@@H](C1)Cn1c2ccc([NH+]([O-])O)c1=O)N1Cc2ccccc2C1=O. The first-order valence-electron chi connectivity index (χ1n) is 11.9. The Hall–Kier alpha value is -3.01. The molecule has 3 aliphatic heterocycles. The Morgan fingerprint density at radius 2 is 1.91 bits per heavy atom. The Labute approximate surface area is 197 Å². The van der Waals surface area contributed by atoms with Crippen molar-refractivity contribution < 1.29 is 20.0 Å². The predicted molar refractivity (Wildman–Crippen MR) is 123 cm³/mol. The number of pyridine rings is 1. The van der Waals surface area contributed by atoms with Crippen LogP contribution in [0.2, 0.25) is 0 Å². The minimum atomic E-state index is -1.22. The quantitative estimate of drug-likeness (QED) is 0.645. The van der Waals surface area contributed by atoms with Crippen LogP contribution in [0.15, 0.2) is 41.2 Å². The van der Waals surface area contributed by atoms with Crippen molar-refractivity contribution >= 4 is 17.5 Å². The van der Waals surface area contributed by atoms with E-state index < -0.39 is 16.8 Å². The molecule has 5 rings (SSSR count). The van der Waals surface area contributed by atoms with Crippen LogP contribution in [0.1, 0.15) is 54.2 Å². The molecular weight excluding hydrogens is 436 g/mol. The summed E-state index contributed by atoms with van der Waals surface area (Å²) in [5.74, 6) is 0.150. The molecule has 1 aromatic heterocycles. The number of rotatable bonds is 5. The molecule has 2 amide bonds. The van der Waals surface area contributed by atoms with Gasteiger partial charge in [-0.15, -0.1) is 0 Å². The first-order chi connectivity index (χ1) is 16.2. The zero-order valence-corrected chi connectivity index (χ0v) is 19.4. The third kappa shape index (κ3) is 3.83. The average molecular weight is 467 g/mol. The lowest BCUT2D eigenvalue weighted by Gasteiger charge is -2.44. The molecule has 1 saturated heterocycles. The fourth-order valence-electron chi connectivity index (χ4n) is 5.84. The summed E-state index contributed by atoms with van der Waals surface area (Å²) in [6.07, 6.45) is 1.45. The maximum atomic E-state index is 13.9. The summed E-state index contributed by atoms with van der Waals surface area (Å²) in [6, 6.07) is 10.1. The zero-order valence-electron chi connectivity index (χ0n) is 19.4. The standard InChI is InChI=1S/C25H30N4O5/c1-15(2)9-22(28-14-17-5-3-4-6-19(17)23(28)30)24(31)26-11-16-10-18(13-26)20-7-8-21(29(33)34)25(32)27(20)12-16/h3-8,15-16,18,22,29,33H,9-14H2,1-2H3/t16-,18?,22-/m0/s1. The summed E-state index contributed by atoms with van der Waals surface area (Å²) in [6.45, 7) is 5.92. The molecule has 0 radical (unpaired) electrons. The predicted octanol–water partition coefficient (Wildman–Crippen LogP) is 1.27. The molecule has 34 heavy (non-hydrogen) atoms. The van der Waals surface area contributed by atoms with Gasteiger partial charge in [0.25, 0.3) is 5.91 Å². The van der Waals surface area contributed by atoms with Crippen LogP contribution in [-0.2, 0) is 17.9 Å². The molecule has 2 aromatic rings. The highest BCUT2D eigenvalue weighted by Crippen LogP contribution is 2.36. The van der Waals surface area contributed by atoms with Crippen molar-refractivity contribution in [1.82, 2.24) is 14.4 Å². The van der Waals surface area contributed by atoms with Gasteiger partial charge in [-0.2, -0.15) is 5.23 Å². The number of hydrogen-bond acceptors (Lipinski definition) is 5. The van der Waals surface area contributed by atoms with E-state index in [-0.39, 0.29) is 35.3 Å². The van der Waals surface area contributed by atoms with E-state index in [1.807, 2.05) is 29.2 Å². The second-order valence-corrected chi connectivity index (χ2v) is 10.2. The fourth-order valence-corrected chi connectivity index (χ4v) is 5.84. The Morgan fingerprint density at radius 1 is 1.15 bits per heavy atom. The number of amides is 2. The summed E-state index contributed by atoms with van der Waals surface area (Å²) in [4.78, 5) is 43.3. The van der Waals surface area contributed by atoms with Crippen molar-refractivity contribution in [2.75, 3.05) is 13.1 Å². The van der Waals surface area contributed by atoms with Crippen molar-refractivity contribution in [2.45, 2.75) is 51.7 Å². The van der Waals surface area contributed by atoms with Gasteiger partial charge in [-0.25, -0.2) is 5.21 Å². The number of fused-ring (bicyclic) bond motifs is 5. The third-order valence-electron chi connectivity index (χ3n) is 7.35. The van der Waals surface area contributed by atoms with Crippen LogP contribution in [-0.4, -0.2) is 50.5 Å². The van der Waals surface area contributed by atoms with Crippen LogP contribution < -0.4 is 10.8 Å².